The number of carbonyl (C=O) groups is 2. The van der Waals surface area contributed by atoms with Gasteiger partial charge in [-0.3, -0.25) is 9.69 Å². The van der Waals surface area contributed by atoms with Crippen LogP contribution in [-0.4, -0.2) is 74.3 Å². The van der Waals surface area contributed by atoms with Crippen LogP contribution in [0.5, 0.6) is 0 Å². The summed E-state index contributed by atoms with van der Waals surface area (Å²) in [7, 11) is 0. The minimum Gasteiger partial charge on any atom is -0.457 e. The Labute approximate surface area is 197 Å². The van der Waals surface area contributed by atoms with Crippen LogP contribution in [-0.2, 0) is 22.6 Å². The first-order valence-electron chi connectivity index (χ1n) is 11.4. The molecule has 3 heterocycles. The van der Waals surface area contributed by atoms with Gasteiger partial charge in [0.2, 0.25) is 5.91 Å². The van der Waals surface area contributed by atoms with Gasteiger partial charge in [-0.2, -0.15) is 5.10 Å². The molecule has 1 atom stereocenters. The highest BCUT2D eigenvalue weighted by Gasteiger charge is 2.27. The second-order valence-electron chi connectivity index (χ2n) is 8.76. The molecule has 1 aromatic heterocycles. The maximum Gasteiger partial charge on any atom is 0.338 e. The largest absolute Gasteiger partial charge is 0.457 e. The van der Waals surface area contributed by atoms with Gasteiger partial charge in [0.05, 0.1) is 23.8 Å². The number of aliphatic hydroxyl groups is 1. The predicted molar refractivity (Wildman–Crippen MR) is 123 cm³/mol. The molecule has 2 aliphatic rings. The molecule has 0 saturated carbocycles. The van der Waals surface area contributed by atoms with Crippen LogP contribution >= 0.6 is 0 Å². The number of benzene rings is 2. The Morgan fingerprint density at radius 2 is 1.88 bits per heavy atom. The molecular weight excluding hydrogens is 434 g/mol. The van der Waals surface area contributed by atoms with E-state index in [0.29, 0.717) is 44.7 Å². The molecule has 1 amide bonds. The highest BCUT2D eigenvalue weighted by Crippen LogP contribution is 2.29. The number of amides is 1. The van der Waals surface area contributed by atoms with Crippen LogP contribution in [0.3, 0.4) is 0 Å². The van der Waals surface area contributed by atoms with Crippen LogP contribution in [0.1, 0.15) is 38.7 Å². The van der Waals surface area contributed by atoms with Crippen molar-refractivity contribution < 1.29 is 19.4 Å². The lowest BCUT2D eigenvalue weighted by Crippen LogP contribution is -2.50. The number of aromatic nitrogens is 3. The van der Waals surface area contributed by atoms with E-state index in [9.17, 15) is 14.7 Å². The Morgan fingerprint density at radius 3 is 2.59 bits per heavy atom. The molecule has 2 aliphatic heterocycles. The van der Waals surface area contributed by atoms with Gasteiger partial charge < -0.3 is 14.7 Å². The average molecular weight is 462 g/mol. The number of hydrogen-bond acceptors (Lipinski definition) is 7. The van der Waals surface area contributed by atoms with Gasteiger partial charge in [-0.1, -0.05) is 18.2 Å². The van der Waals surface area contributed by atoms with Crippen LogP contribution in [0.2, 0.25) is 0 Å². The first kappa shape index (κ1) is 22.2. The summed E-state index contributed by atoms with van der Waals surface area (Å²) in [6.07, 6.45) is 2.82. The number of β-amino-alcohol motifs (C(OH)–C–C–N with tert-alkyl or cyclic N) is 1. The molecule has 0 bridgehead atoms. The van der Waals surface area contributed by atoms with Crippen molar-refractivity contribution in [3.63, 3.8) is 0 Å². The molecule has 5 rings (SSSR count). The number of hydrogen-bond donors (Lipinski definition) is 1. The van der Waals surface area contributed by atoms with Crippen molar-refractivity contribution in [2.45, 2.75) is 26.1 Å². The van der Waals surface area contributed by atoms with E-state index in [2.05, 4.69) is 15.0 Å². The highest BCUT2D eigenvalue weighted by atomic mass is 16.5. The predicted octanol–water partition coefficient (Wildman–Crippen LogP) is 1.67. The number of piperazine rings is 1. The van der Waals surface area contributed by atoms with Crippen molar-refractivity contribution in [1.82, 2.24) is 24.6 Å². The maximum atomic E-state index is 12.8. The van der Waals surface area contributed by atoms with Crippen LogP contribution in [0.25, 0.3) is 5.69 Å². The van der Waals surface area contributed by atoms with Crippen LogP contribution in [0.4, 0.5) is 0 Å². The first-order chi connectivity index (χ1) is 16.5. The van der Waals surface area contributed by atoms with Crippen molar-refractivity contribution >= 4 is 11.9 Å². The average Bonchev–Trinajstić information content (AvgIpc) is 3.51. The van der Waals surface area contributed by atoms with Crippen LogP contribution < -0.4 is 0 Å². The lowest BCUT2D eigenvalue weighted by atomic mass is 9.95. The molecule has 0 radical (unpaired) electrons. The van der Waals surface area contributed by atoms with E-state index in [1.165, 1.54) is 6.33 Å². The Balaban J connectivity index is 1.13. The van der Waals surface area contributed by atoms with E-state index >= 15 is 0 Å². The van der Waals surface area contributed by atoms with E-state index in [1.807, 2.05) is 42.2 Å². The van der Waals surface area contributed by atoms with Gasteiger partial charge in [-0.15, -0.1) is 0 Å². The number of nitrogens with zero attached hydrogens (tertiary/aromatic N) is 5. The molecular formula is C25H27N5O4. The normalized spacial score (nSPS) is 16.9. The third-order valence-corrected chi connectivity index (χ3v) is 6.70. The molecule has 0 spiro atoms. The summed E-state index contributed by atoms with van der Waals surface area (Å²) < 4.78 is 6.79. The summed E-state index contributed by atoms with van der Waals surface area (Å²) in [5, 5.41) is 15.0. The van der Waals surface area contributed by atoms with Crippen LogP contribution in [0.15, 0.2) is 49.1 Å². The lowest BCUT2D eigenvalue weighted by Gasteiger charge is -2.36. The number of rotatable bonds is 6. The highest BCUT2D eigenvalue weighted by molar-refractivity contribution is 5.94. The molecule has 176 valence electrons. The van der Waals surface area contributed by atoms with Crippen molar-refractivity contribution in [1.29, 1.82) is 0 Å². The monoisotopic (exact) mass is 461 g/mol. The van der Waals surface area contributed by atoms with Crippen molar-refractivity contribution in [3.8, 4) is 5.69 Å². The zero-order chi connectivity index (χ0) is 23.7. The fourth-order valence-corrected chi connectivity index (χ4v) is 4.65. The van der Waals surface area contributed by atoms with Gasteiger partial charge in [-0.25, -0.2) is 14.5 Å². The summed E-state index contributed by atoms with van der Waals surface area (Å²) in [6.45, 7) is 5.36. The number of ether oxygens (including phenoxy) is 1. The fourth-order valence-electron chi connectivity index (χ4n) is 4.65. The molecule has 1 N–H and O–H groups in total. The Bertz CT molecular complexity index is 1180. The number of aliphatic hydroxyl groups excluding tert-OH is 1. The second kappa shape index (κ2) is 9.36. The van der Waals surface area contributed by atoms with E-state index in [4.69, 9.17) is 4.74 Å². The molecule has 2 aromatic carbocycles. The number of fused-ring (bicyclic) bond motifs is 1. The molecule has 1 saturated heterocycles. The van der Waals surface area contributed by atoms with Crippen molar-refractivity contribution in [2.24, 2.45) is 0 Å². The summed E-state index contributed by atoms with van der Waals surface area (Å²) in [5.74, 6) is -0.195. The maximum absolute atomic E-state index is 12.8. The third kappa shape index (κ3) is 4.44. The van der Waals surface area contributed by atoms with Crippen molar-refractivity contribution in [2.75, 3.05) is 32.7 Å². The smallest absolute Gasteiger partial charge is 0.338 e. The van der Waals surface area contributed by atoms with E-state index in [0.717, 1.165) is 27.9 Å². The third-order valence-electron chi connectivity index (χ3n) is 6.70. The molecule has 34 heavy (non-hydrogen) atoms. The van der Waals surface area contributed by atoms with Crippen LogP contribution in [0, 0.1) is 6.92 Å². The molecule has 3 aromatic rings. The molecule has 9 nitrogen and oxygen atoms in total. The summed E-state index contributed by atoms with van der Waals surface area (Å²) in [4.78, 5) is 32.6. The summed E-state index contributed by atoms with van der Waals surface area (Å²) >= 11 is 0. The fraction of sp³-hybridized carbons (Fsp3) is 0.360. The minimum atomic E-state index is -0.660. The SMILES string of the molecule is Cc1c(C(O)CN2CCN(C(=O)Cc3ccc(-n4cncn4)cc3)CC2)ccc2c1COC2=O. The second-order valence-corrected chi connectivity index (χ2v) is 8.76. The Morgan fingerprint density at radius 1 is 1.12 bits per heavy atom. The standard InChI is InChI=1S/C25H27N5O4/c1-17-20(6-7-21-22(17)14-34-25(21)33)23(31)13-28-8-10-29(11-9-28)24(32)12-18-2-4-19(5-3-18)30-16-26-15-27-30/h2-7,15-16,23,31H,8-14H2,1H3. The minimum absolute atomic E-state index is 0.104. The van der Waals surface area contributed by atoms with Gasteiger partial charge in [0, 0.05) is 38.3 Å². The lowest BCUT2D eigenvalue weighted by molar-refractivity contribution is -0.132. The molecule has 9 heteroatoms. The number of cyclic esters (lactones) is 1. The zero-order valence-electron chi connectivity index (χ0n) is 19.1. The topological polar surface area (TPSA) is 101 Å². The zero-order valence-corrected chi connectivity index (χ0v) is 19.1. The summed E-state index contributed by atoms with van der Waals surface area (Å²) in [6, 6.07) is 11.3. The molecule has 1 fully saturated rings. The van der Waals surface area contributed by atoms with Crippen molar-refractivity contribution in [3.05, 3.63) is 76.9 Å². The van der Waals surface area contributed by atoms with E-state index in [-0.39, 0.29) is 18.5 Å². The van der Waals surface area contributed by atoms with Gasteiger partial charge in [0.15, 0.2) is 0 Å². The van der Waals surface area contributed by atoms with Gasteiger partial charge >= 0.3 is 5.97 Å². The molecule has 1 unspecified atom stereocenters. The Hall–Kier alpha value is -3.56. The quantitative estimate of drug-likeness (QED) is 0.557. The first-order valence-corrected chi connectivity index (χ1v) is 11.4. The van der Waals surface area contributed by atoms with Gasteiger partial charge in [0.1, 0.15) is 19.3 Å². The number of carbonyl (C=O) groups excluding carboxylic acids is 2. The summed E-state index contributed by atoms with van der Waals surface area (Å²) in [5.41, 5.74) is 5.06. The van der Waals surface area contributed by atoms with E-state index in [1.54, 1.807) is 17.1 Å². The van der Waals surface area contributed by atoms with Gasteiger partial charge in [-0.05, 0) is 41.8 Å². The van der Waals surface area contributed by atoms with E-state index < -0.39 is 6.10 Å². The number of esters is 1. The Kier molecular flexibility index (Phi) is 6.12. The van der Waals surface area contributed by atoms with Gasteiger partial charge in [0.25, 0.3) is 0 Å². The molecule has 0 aliphatic carbocycles.